The lowest BCUT2D eigenvalue weighted by Gasteiger charge is -2.07. The molecule has 2 aromatic carbocycles. The van der Waals surface area contributed by atoms with Crippen LogP contribution in [0.4, 0.5) is 0 Å². The average molecular weight is 332 g/mol. The molecular weight excluding hydrogens is 316 g/mol. The summed E-state index contributed by atoms with van der Waals surface area (Å²) in [6, 6.07) is 15.6. The maximum Gasteiger partial charge on any atom is 0.309 e. The molecule has 1 aromatic heterocycles. The third-order valence-corrected chi connectivity index (χ3v) is 5.57. The SMILES string of the molecule is CCCS(=O)(=O)Oc1ccc(-c2ccc3sccc3c2)cc1. The summed E-state index contributed by atoms with van der Waals surface area (Å²) >= 11 is 1.72. The number of fused-ring (bicyclic) bond motifs is 1. The molecule has 5 heteroatoms. The molecule has 0 N–H and O–H groups in total. The van der Waals surface area contributed by atoms with Crippen LogP contribution in [0.25, 0.3) is 21.2 Å². The van der Waals surface area contributed by atoms with Crippen molar-refractivity contribution >= 4 is 31.5 Å². The summed E-state index contributed by atoms with van der Waals surface area (Å²) in [4.78, 5) is 0. The first kappa shape index (κ1) is 15.1. The molecule has 0 atom stereocenters. The molecule has 0 bridgehead atoms. The van der Waals surface area contributed by atoms with Gasteiger partial charge in [-0.2, -0.15) is 8.42 Å². The van der Waals surface area contributed by atoms with E-state index in [1.165, 1.54) is 10.1 Å². The molecule has 0 amide bonds. The molecule has 0 saturated heterocycles. The van der Waals surface area contributed by atoms with Crippen molar-refractivity contribution in [1.29, 1.82) is 0 Å². The van der Waals surface area contributed by atoms with Crippen LogP contribution in [-0.2, 0) is 10.1 Å². The van der Waals surface area contributed by atoms with Crippen molar-refractivity contribution in [3.05, 3.63) is 53.9 Å². The molecule has 3 nitrogen and oxygen atoms in total. The highest BCUT2D eigenvalue weighted by atomic mass is 32.2. The van der Waals surface area contributed by atoms with Crippen LogP contribution in [0.3, 0.4) is 0 Å². The van der Waals surface area contributed by atoms with E-state index in [1.54, 1.807) is 23.5 Å². The Morgan fingerprint density at radius 1 is 1.00 bits per heavy atom. The zero-order chi connectivity index (χ0) is 15.6. The molecule has 114 valence electrons. The summed E-state index contributed by atoms with van der Waals surface area (Å²) in [5.41, 5.74) is 2.14. The van der Waals surface area contributed by atoms with Gasteiger partial charge in [-0.15, -0.1) is 11.3 Å². The summed E-state index contributed by atoms with van der Waals surface area (Å²) in [5.74, 6) is 0.387. The quantitative estimate of drug-likeness (QED) is 0.637. The first-order chi connectivity index (χ1) is 10.6. The number of benzene rings is 2. The molecule has 0 aliphatic heterocycles. The summed E-state index contributed by atoms with van der Waals surface area (Å²) < 4.78 is 29.6. The van der Waals surface area contributed by atoms with Gasteiger partial charge in [0.15, 0.2) is 0 Å². The fourth-order valence-electron chi connectivity index (χ4n) is 2.29. The Kier molecular flexibility index (Phi) is 4.18. The van der Waals surface area contributed by atoms with Gasteiger partial charge in [0.25, 0.3) is 0 Å². The molecule has 0 fully saturated rings. The number of hydrogen-bond acceptors (Lipinski definition) is 4. The molecule has 0 radical (unpaired) electrons. The van der Waals surface area contributed by atoms with Crippen molar-refractivity contribution in [2.75, 3.05) is 5.75 Å². The second-order valence-electron chi connectivity index (χ2n) is 5.04. The Morgan fingerprint density at radius 3 is 2.45 bits per heavy atom. The van der Waals surface area contributed by atoms with Crippen LogP contribution in [0.5, 0.6) is 5.75 Å². The largest absolute Gasteiger partial charge is 0.382 e. The number of hydrogen-bond donors (Lipinski definition) is 0. The molecular formula is C17H16O3S2. The van der Waals surface area contributed by atoms with Crippen LogP contribution in [-0.4, -0.2) is 14.2 Å². The van der Waals surface area contributed by atoms with Crippen molar-refractivity contribution < 1.29 is 12.6 Å². The first-order valence-corrected chi connectivity index (χ1v) is 9.53. The van der Waals surface area contributed by atoms with Crippen LogP contribution in [0.15, 0.2) is 53.9 Å². The summed E-state index contributed by atoms with van der Waals surface area (Å²) in [6.07, 6.45) is 0.543. The molecule has 0 aliphatic carbocycles. The van der Waals surface area contributed by atoms with Gasteiger partial charge in [0.1, 0.15) is 5.75 Å². The molecule has 0 saturated carbocycles. The minimum absolute atomic E-state index is 0.0313. The van der Waals surface area contributed by atoms with Gasteiger partial charge < -0.3 is 4.18 Å². The van der Waals surface area contributed by atoms with Gasteiger partial charge in [0, 0.05) is 4.70 Å². The highest BCUT2D eigenvalue weighted by Gasteiger charge is 2.11. The molecule has 3 aromatic rings. The summed E-state index contributed by atoms with van der Waals surface area (Å²) in [6.45, 7) is 1.81. The van der Waals surface area contributed by atoms with E-state index in [0.29, 0.717) is 12.2 Å². The molecule has 3 rings (SSSR count). The summed E-state index contributed by atoms with van der Waals surface area (Å²) in [7, 11) is -3.48. The summed E-state index contributed by atoms with van der Waals surface area (Å²) in [5, 5.41) is 3.29. The minimum atomic E-state index is -3.48. The fourth-order valence-corrected chi connectivity index (χ4v) is 4.05. The topological polar surface area (TPSA) is 43.4 Å². The van der Waals surface area contributed by atoms with Crippen molar-refractivity contribution in [2.45, 2.75) is 13.3 Å². The molecule has 0 unspecified atom stereocenters. The number of rotatable bonds is 5. The maximum atomic E-state index is 11.7. The first-order valence-electron chi connectivity index (χ1n) is 7.07. The van der Waals surface area contributed by atoms with Crippen LogP contribution in [0.1, 0.15) is 13.3 Å². The van der Waals surface area contributed by atoms with E-state index in [9.17, 15) is 8.42 Å². The third-order valence-electron chi connectivity index (χ3n) is 3.32. The van der Waals surface area contributed by atoms with Crippen molar-refractivity contribution in [2.24, 2.45) is 0 Å². The molecule has 22 heavy (non-hydrogen) atoms. The standard InChI is InChI=1S/C17H16O3S2/c1-2-11-22(18,19)20-16-6-3-13(4-7-16)14-5-8-17-15(12-14)9-10-21-17/h3-10,12H,2,11H2,1H3. The van der Waals surface area contributed by atoms with E-state index in [0.717, 1.165) is 11.1 Å². The van der Waals surface area contributed by atoms with Gasteiger partial charge in [-0.1, -0.05) is 25.1 Å². The van der Waals surface area contributed by atoms with Gasteiger partial charge in [-0.3, -0.25) is 0 Å². The van der Waals surface area contributed by atoms with Gasteiger partial charge in [0.05, 0.1) is 5.75 Å². The van der Waals surface area contributed by atoms with E-state index in [1.807, 2.05) is 19.1 Å². The fraction of sp³-hybridized carbons (Fsp3) is 0.176. The van der Waals surface area contributed by atoms with Crippen LogP contribution in [0.2, 0.25) is 0 Å². The maximum absolute atomic E-state index is 11.7. The monoisotopic (exact) mass is 332 g/mol. The van der Waals surface area contributed by atoms with E-state index in [2.05, 4.69) is 29.6 Å². The molecule has 0 aliphatic rings. The molecule has 0 spiro atoms. The van der Waals surface area contributed by atoms with Gasteiger partial charge in [-0.05, 0) is 58.6 Å². The highest BCUT2D eigenvalue weighted by molar-refractivity contribution is 7.87. The predicted molar refractivity (Wildman–Crippen MR) is 92.0 cm³/mol. The Morgan fingerprint density at radius 2 is 1.73 bits per heavy atom. The van der Waals surface area contributed by atoms with E-state index < -0.39 is 10.1 Å². The predicted octanol–water partition coefficient (Wildman–Crippen LogP) is 4.69. The van der Waals surface area contributed by atoms with Crippen molar-refractivity contribution in [1.82, 2.24) is 0 Å². The van der Waals surface area contributed by atoms with Crippen LogP contribution in [0, 0.1) is 0 Å². The second-order valence-corrected chi connectivity index (χ2v) is 7.68. The highest BCUT2D eigenvalue weighted by Crippen LogP contribution is 2.28. The van der Waals surface area contributed by atoms with Crippen molar-refractivity contribution in [3.8, 4) is 16.9 Å². The average Bonchev–Trinajstić information content (AvgIpc) is 2.95. The van der Waals surface area contributed by atoms with Crippen LogP contribution >= 0.6 is 11.3 Å². The normalized spacial score (nSPS) is 11.7. The third kappa shape index (κ3) is 3.31. The molecule has 1 heterocycles. The van der Waals surface area contributed by atoms with E-state index in [-0.39, 0.29) is 5.75 Å². The minimum Gasteiger partial charge on any atom is -0.382 e. The van der Waals surface area contributed by atoms with Gasteiger partial charge >= 0.3 is 10.1 Å². The Labute approximate surface area is 134 Å². The van der Waals surface area contributed by atoms with Gasteiger partial charge in [-0.25, -0.2) is 0 Å². The Bertz CT molecular complexity index is 878. The van der Waals surface area contributed by atoms with E-state index in [4.69, 9.17) is 4.18 Å². The zero-order valence-corrected chi connectivity index (χ0v) is 13.8. The van der Waals surface area contributed by atoms with Gasteiger partial charge in [0.2, 0.25) is 0 Å². The smallest absolute Gasteiger partial charge is 0.309 e. The van der Waals surface area contributed by atoms with Crippen molar-refractivity contribution in [3.63, 3.8) is 0 Å². The number of thiophene rings is 1. The van der Waals surface area contributed by atoms with Crippen LogP contribution < -0.4 is 4.18 Å². The Hall–Kier alpha value is -1.85. The lowest BCUT2D eigenvalue weighted by atomic mass is 10.0. The lowest BCUT2D eigenvalue weighted by Crippen LogP contribution is -2.12. The second kappa shape index (κ2) is 6.10. The Balaban J connectivity index is 1.84. The zero-order valence-electron chi connectivity index (χ0n) is 12.2. The van der Waals surface area contributed by atoms with E-state index >= 15 is 0 Å². The lowest BCUT2D eigenvalue weighted by molar-refractivity contribution is 0.485.